The second kappa shape index (κ2) is 56.9. The van der Waals surface area contributed by atoms with Crippen molar-refractivity contribution in [3.05, 3.63) is 60.8 Å². The van der Waals surface area contributed by atoms with Gasteiger partial charge in [-0.2, -0.15) is 0 Å². The van der Waals surface area contributed by atoms with Crippen molar-refractivity contribution in [1.29, 1.82) is 0 Å². The number of aliphatic hydroxyl groups excluding tert-OH is 1. The molecule has 0 heterocycles. The predicted octanol–water partition coefficient (Wildman–Crippen LogP) is 19.4. The molecule has 0 saturated heterocycles. The monoisotopic (exact) mass is 1070 g/mol. The van der Waals surface area contributed by atoms with Crippen LogP contribution in [0.1, 0.15) is 303 Å². The van der Waals surface area contributed by atoms with E-state index in [1.807, 2.05) is 27.2 Å². The van der Waals surface area contributed by atoms with Gasteiger partial charge in [-0.1, -0.05) is 299 Å². The number of hydrogen-bond donors (Lipinski definition) is 2. The number of phosphoric acid groups is 1. The van der Waals surface area contributed by atoms with Crippen LogP contribution >= 0.6 is 7.82 Å². The van der Waals surface area contributed by atoms with Crippen molar-refractivity contribution in [3.63, 3.8) is 0 Å². The number of nitrogens with zero attached hydrogens (tertiary/aromatic N) is 1. The summed E-state index contributed by atoms with van der Waals surface area (Å²) < 4.78 is 23.4. The molecule has 2 N–H and O–H groups in total. The number of nitrogens with one attached hydrogen (secondary N) is 1. The maximum absolute atomic E-state index is 13.0. The Morgan fingerprint density at radius 2 is 0.813 bits per heavy atom. The van der Waals surface area contributed by atoms with Crippen molar-refractivity contribution >= 4 is 13.7 Å². The molecule has 0 fully saturated rings. The van der Waals surface area contributed by atoms with E-state index in [1.165, 1.54) is 205 Å². The maximum atomic E-state index is 13.0. The summed E-state index contributed by atoms with van der Waals surface area (Å²) in [6.45, 7) is 4.56. The van der Waals surface area contributed by atoms with Crippen molar-refractivity contribution < 1.29 is 32.9 Å². The number of carbonyl (C=O) groups excluding carboxylic acids is 1. The van der Waals surface area contributed by atoms with Gasteiger partial charge < -0.3 is 28.8 Å². The van der Waals surface area contributed by atoms with Crippen LogP contribution in [0.4, 0.5) is 0 Å². The van der Waals surface area contributed by atoms with Gasteiger partial charge in [-0.3, -0.25) is 9.36 Å². The fourth-order valence-corrected chi connectivity index (χ4v) is 10.2. The molecule has 1 amide bonds. The Bertz CT molecular complexity index is 1400. The zero-order chi connectivity index (χ0) is 54.9. The molecule has 0 aliphatic rings. The van der Waals surface area contributed by atoms with Gasteiger partial charge in [-0.25, -0.2) is 0 Å². The van der Waals surface area contributed by atoms with Crippen LogP contribution < -0.4 is 10.2 Å². The van der Waals surface area contributed by atoms with Crippen molar-refractivity contribution in [2.75, 3.05) is 40.9 Å². The molecular formula is C66H125N2O6P. The lowest BCUT2D eigenvalue weighted by Gasteiger charge is -2.29. The highest BCUT2D eigenvalue weighted by molar-refractivity contribution is 7.45. The minimum Gasteiger partial charge on any atom is -0.756 e. The van der Waals surface area contributed by atoms with E-state index >= 15 is 0 Å². The van der Waals surface area contributed by atoms with E-state index in [-0.39, 0.29) is 19.1 Å². The van der Waals surface area contributed by atoms with E-state index in [4.69, 9.17) is 9.05 Å². The zero-order valence-corrected chi connectivity index (χ0v) is 51.1. The number of aliphatic hydroxyl groups is 1. The Morgan fingerprint density at radius 3 is 1.19 bits per heavy atom. The molecule has 0 spiro atoms. The van der Waals surface area contributed by atoms with Crippen LogP contribution in [0.5, 0.6) is 0 Å². The molecule has 0 aliphatic heterocycles. The summed E-state index contributed by atoms with van der Waals surface area (Å²) in [4.78, 5) is 25.6. The fraction of sp³-hybridized carbons (Fsp3) is 0.833. The average Bonchev–Trinajstić information content (AvgIpc) is 3.37. The molecule has 0 aromatic carbocycles. The predicted molar refractivity (Wildman–Crippen MR) is 325 cm³/mol. The highest BCUT2D eigenvalue weighted by atomic mass is 31.2. The molecule has 0 radical (unpaired) electrons. The van der Waals surface area contributed by atoms with Gasteiger partial charge in [-0.15, -0.1) is 0 Å². The maximum Gasteiger partial charge on any atom is 0.268 e. The van der Waals surface area contributed by atoms with Gasteiger partial charge in [0.25, 0.3) is 7.82 Å². The third kappa shape index (κ3) is 59.7. The average molecular weight is 1070 g/mol. The van der Waals surface area contributed by atoms with E-state index in [0.29, 0.717) is 17.4 Å². The number of quaternary nitrogens is 1. The second-order valence-corrected chi connectivity index (χ2v) is 24.5. The summed E-state index contributed by atoms with van der Waals surface area (Å²) in [5.41, 5.74) is 0. The van der Waals surface area contributed by atoms with Gasteiger partial charge >= 0.3 is 0 Å². The molecule has 8 nitrogen and oxygen atoms in total. The third-order valence-electron chi connectivity index (χ3n) is 14.5. The summed E-state index contributed by atoms with van der Waals surface area (Å²) in [7, 11) is 1.26. The molecule has 0 rings (SSSR count). The number of allylic oxidation sites excluding steroid dienone is 9. The highest BCUT2D eigenvalue weighted by Crippen LogP contribution is 2.38. The first-order chi connectivity index (χ1) is 36.5. The molecule has 3 atom stereocenters. The van der Waals surface area contributed by atoms with Crippen LogP contribution in [-0.2, 0) is 18.4 Å². The van der Waals surface area contributed by atoms with Gasteiger partial charge in [0, 0.05) is 6.42 Å². The van der Waals surface area contributed by atoms with Crippen LogP contribution in [0.15, 0.2) is 60.8 Å². The lowest BCUT2D eigenvalue weighted by molar-refractivity contribution is -0.870. The van der Waals surface area contributed by atoms with Crippen molar-refractivity contribution in [2.24, 2.45) is 0 Å². The molecule has 0 saturated carbocycles. The number of rotatable bonds is 59. The summed E-state index contributed by atoms with van der Waals surface area (Å²) >= 11 is 0. The Kier molecular flexibility index (Phi) is 55.5. The van der Waals surface area contributed by atoms with Crippen molar-refractivity contribution in [1.82, 2.24) is 5.32 Å². The second-order valence-electron chi connectivity index (χ2n) is 23.1. The summed E-state index contributed by atoms with van der Waals surface area (Å²) in [5.74, 6) is -0.204. The molecule has 0 aromatic rings. The molecule has 9 heteroatoms. The number of hydrogen-bond acceptors (Lipinski definition) is 6. The first-order valence-corrected chi connectivity index (χ1v) is 33.6. The van der Waals surface area contributed by atoms with E-state index in [1.54, 1.807) is 6.08 Å². The van der Waals surface area contributed by atoms with Crippen molar-refractivity contribution in [2.45, 2.75) is 315 Å². The largest absolute Gasteiger partial charge is 0.756 e. The van der Waals surface area contributed by atoms with Crippen LogP contribution in [0.2, 0.25) is 0 Å². The Morgan fingerprint density at radius 1 is 0.480 bits per heavy atom. The molecular weight excluding hydrogens is 948 g/mol. The van der Waals surface area contributed by atoms with Crippen LogP contribution in [0, 0.1) is 0 Å². The van der Waals surface area contributed by atoms with Gasteiger partial charge in [0.05, 0.1) is 39.9 Å². The first-order valence-electron chi connectivity index (χ1n) is 32.2. The molecule has 0 aliphatic carbocycles. The molecule has 0 aromatic heterocycles. The van der Waals surface area contributed by atoms with E-state index in [9.17, 15) is 19.4 Å². The quantitative estimate of drug-likeness (QED) is 0.0272. The van der Waals surface area contributed by atoms with Crippen LogP contribution in [0.25, 0.3) is 0 Å². The Balaban J connectivity index is 4.10. The summed E-state index contributed by atoms with van der Waals surface area (Å²) in [6, 6.07) is -0.895. The number of amides is 1. The highest BCUT2D eigenvalue weighted by Gasteiger charge is 2.23. The molecule has 440 valence electrons. The molecule has 75 heavy (non-hydrogen) atoms. The van der Waals surface area contributed by atoms with Gasteiger partial charge in [0.2, 0.25) is 5.91 Å². The topological polar surface area (TPSA) is 108 Å². The van der Waals surface area contributed by atoms with Gasteiger partial charge in [0.1, 0.15) is 13.2 Å². The van der Waals surface area contributed by atoms with Crippen LogP contribution in [-0.4, -0.2) is 68.5 Å². The minimum atomic E-state index is -4.61. The standard InChI is InChI=1S/C66H125N2O6P/c1-6-8-10-12-14-16-18-20-22-24-26-28-29-30-31-32-33-34-35-36-37-38-40-41-43-45-47-49-51-53-55-57-59-65(69)64(63-74-75(71,72)73-62-61-68(3,4)5)67-66(70)60-58-56-54-52-50-48-46-44-42-39-27-25-23-21-19-17-15-13-11-9-7-2/h9,11,15,17,21,23,27,39,57,59,64-65,69H,6-8,10,12-14,16,18-20,22,24-26,28-38,40-56,58,60-63H2,1-5H3,(H-,67,70,71,72)/b11-9-,17-15-,23-21-,39-27-,59-57+. The lowest BCUT2D eigenvalue weighted by atomic mass is 10.0. The SMILES string of the molecule is CC/C=C\C/C=C\C/C=C\C/C=C\CCCCCCCCCCC(=O)NC(COP(=O)([O-])OCC[N+](C)(C)C)C(O)/C=C/CCCCCCCCCCCCCCCCCCCCCCCCCCCCCCCC. The lowest BCUT2D eigenvalue weighted by Crippen LogP contribution is -2.45. The smallest absolute Gasteiger partial charge is 0.268 e. The van der Waals surface area contributed by atoms with Gasteiger partial charge in [-0.05, 0) is 57.8 Å². The summed E-state index contributed by atoms with van der Waals surface area (Å²) in [6.07, 6.45) is 77.5. The zero-order valence-electron chi connectivity index (χ0n) is 50.3. The third-order valence-corrected chi connectivity index (χ3v) is 15.4. The van der Waals surface area contributed by atoms with E-state index in [2.05, 4.69) is 67.8 Å². The number of phosphoric ester groups is 1. The number of unbranched alkanes of at least 4 members (excludes halogenated alkanes) is 38. The summed E-state index contributed by atoms with van der Waals surface area (Å²) in [5, 5.41) is 13.9. The normalized spacial score (nSPS) is 14.2. The number of carbonyl (C=O) groups is 1. The first kappa shape index (κ1) is 73.2. The van der Waals surface area contributed by atoms with E-state index in [0.717, 1.165) is 77.0 Å². The van der Waals surface area contributed by atoms with Crippen molar-refractivity contribution in [3.8, 4) is 0 Å². The Hall–Kier alpha value is -1.80. The minimum absolute atomic E-state index is 0.00447. The molecule has 0 bridgehead atoms. The fourth-order valence-electron chi connectivity index (χ4n) is 9.50. The van der Waals surface area contributed by atoms with E-state index < -0.39 is 20.0 Å². The van der Waals surface area contributed by atoms with Gasteiger partial charge in [0.15, 0.2) is 0 Å². The Labute approximate surface area is 466 Å². The van der Waals surface area contributed by atoms with Crippen LogP contribution in [0.3, 0.4) is 0 Å². The number of likely N-dealkylation sites (N-methyl/N-ethyl adjacent to an activating group) is 1. The molecule has 3 unspecified atom stereocenters.